The molecule has 0 bridgehead atoms. The summed E-state index contributed by atoms with van der Waals surface area (Å²) in [6.45, 7) is 5.09. The molecule has 0 saturated carbocycles. The minimum Gasteiger partial charge on any atom is -0.374 e. The zero-order valence-electron chi connectivity index (χ0n) is 14.4. The highest BCUT2D eigenvalue weighted by atomic mass is 32.1. The average molecular weight is 356 g/mol. The fourth-order valence-electron chi connectivity index (χ4n) is 2.94. The summed E-state index contributed by atoms with van der Waals surface area (Å²) in [6.07, 6.45) is 0.161. The number of thiocarbonyl (C=S) groups is 1. The third-order valence-electron chi connectivity index (χ3n) is 4.26. The maximum Gasteiger partial charge on any atom is 0.166 e. The second kappa shape index (κ2) is 9.51. The zero-order valence-corrected chi connectivity index (χ0v) is 15.2. The van der Waals surface area contributed by atoms with Gasteiger partial charge in [-0.3, -0.25) is 4.90 Å². The number of morpholine rings is 1. The largest absolute Gasteiger partial charge is 0.374 e. The summed E-state index contributed by atoms with van der Waals surface area (Å²) in [5.41, 5.74) is 2.56. The highest BCUT2D eigenvalue weighted by Crippen LogP contribution is 2.10. The molecule has 0 spiro atoms. The third kappa shape index (κ3) is 6.12. The molecular formula is C20H25N3OS. The van der Waals surface area contributed by atoms with Gasteiger partial charge in [0.05, 0.1) is 12.7 Å². The standard InChI is InChI=1S/C20H25N3OS/c25-20(21-13-17-7-3-1-4-8-17)22-14-19-16-23(11-12-24-19)15-18-9-5-2-6-10-18/h1-10,19H,11-16H2,(H2,21,22,25)/t19-/m0/s1. The summed E-state index contributed by atoms with van der Waals surface area (Å²) in [7, 11) is 0. The van der Waals surface area contributed by atoms with Gasteiger partial charge in [-0.1, -0.05) is 60.7 Å². The summed E-state index contributed by atoms with van der Waals surface area (Å²) >= 11 is 5.36. The van der Waals surface area contributed by atoms with Crippen molar-refractivity contribution >= 4 is 17.3 Å². The van der Waals surface area contributed by atoms with Crippen LogP contribution in [0.2, 0.25) is 0 Å². The van der Waals surface area contributed by atoms with Crippen LogP contribution in [0, 0.1) is 0 Å². The van der Waals surface area contributed by atoms with Crippen LogP contribution in [0.5, 0.6) is 0 Å². The Morgan fingerprint density at radius 3 is 2.40 bits per heavy atom. The number of nitrogens with zero attached hydrogens (tertiary/aromatic N) is 1. The molecule has 0 radical (unpaired) electrons. The second-order valence-electron chi connectivity index (χ2n) is 6.26. The number of rotatable bonds is 6. The molecule has 2 aromatic carbocycles. The molecule has 0 amide bonds. The second-order valence-corrected chi connectivity index (χ2v) is 6.67. The van der Waals surface area contributed by atoms with Gasteiger partial charge in [-0.25, -0.2) is 0 Å². The predicted octanol–water partition coefficient (Wildman–Crippen LogP) is 2.55. The van der Waals surface area contributed by atoms with E-state index in [9.17, 15) is 0 Å². The minimum atomic E-state index is 0.161. The Morgan fingerprint density at radius 1 is 1.00 bits per heavy atom. The van der Waals surface area contributed by atoms with Crippen LogP contribution in [0.25, 0.3) is 0 Å². The van der Waals surface area contributed by atoms with E-state index in [-0.39, 0.29) is 6.10 Å². The monoisotopic (exact) mass is 355 g/mol. The minimum absolute atomic E-state index is 0.161. The first-order chi connectivity index (χ1) is 12.3. The Kier molecular flexibility index (Phi) is 6.79. The highest BCUT2D eigenvalue weighted by molar-refractivity contribution is 7.80. The molecule has 1 aliphatic heterocycles. The average Bonchev–Trinajstić information content (AvgIpc) is 2.67. The van der Waals surface area contributed by atoms with Crippen LogP contribution in [-0.4, -0.2) is 42.4 Å². The summed E-state index contributed by atoms with van der Waals surface area (Å²) in [4.78, 5) is 2.44. The number of hydrogen-bond acceptors (Lipinski definition) is 3. The van der Waals surface area contributed by atoms with Crippen molar-refractivity contribution in [2.75, 3.05) is 26.2 Å². The van der Waals surface area contributed by atoms with Crippen molar-refractivity contribution in [2.45, 2.75) is 19.2 Å². The summed E-state index contributed by atoms with van der Waals surface area (Å²) in [5.74, 6) is 0. The van der Waals surface area contributed by atoms with E-state index < -0.39 is 0 Å². The molecule has 1 heterocycles. The summed E-state index contributed by atoms with van der Waals surface area (Å²) < 4.78 is 5.87. The normalized spacial score (nSPS) is 17.8. The molecule has 1 fully saturated rings. The first-order valence-corrected chi connectivity index (χ1v) is 9.14. The van der Waals surface area contributed by atoms with Crippen LogP contribution in [0.15, 0.2) is 60.7 Å². The molecular weight excluding hydrogens is 330 g/mol. The Labute approximate surface area is 155 Å². The van der Waals surface area contributed by atoms with E-state index in [4.69, 9.17) is 17.0 Å². The van der Waals surface area contributed by atoms with Gasteiger partial charge < -0.3 is 15.4 Å². The predicted molar refractivity (Wildman–Crippen MR) is 105 cm³/mol. The van der Waals surface area contributed by atoms with Gasteiger partial charge in [0.15, 0.2) is 5.11 Å². The van der Waals surface area contributed by atoms with Gasteiger partial charge >= 0.3 is 0 Å². The molecule has 2 N–H and O–H groups in total. The highest BCUT2D eigenvalue weighted by Gasteiger charge is 2.20. The van der Waals surface area contributed by atoms with Gasteiger partial charge in [-0.15, -0.1) is 0 Å². The van der Waals surface area contributed by atoms with E-state index in [1.165, 1.54) is 11.1 Å². The Morgan fingerprint density at radius 2 is 1.68 bits per heavy atom. The van der Waals surface area contributed by atoms with Crippen molar-refractivity contribution in [2.24, 2.45) is 0 Å². The van der Waals surface area contributed by atoms with Crippen LogP contribution in [0.1, 0.15) is 11.1 Å². The van der Waals surface area contributed by atoms with E-state index in [0.717, 1.165) is 39.3 Å². The van der Waals surface area contributed by atoms with Gasteiger partial charge in [0.2, 0.25) is 0 Å². The van der Waals surface area contributed by atoms with E-state index in [1.54, 1.807) is 0 Å². The maximum atomic E-state index is 5.87. The Hall–Kier alpha value is -1.95. The van der Waals surface area contributed by atoms with Gasteiger partial charge in [0.25, 0.3) is 0 Å². The number of benzene rings is 2. The smallest absolute Gasteiger partial charge is 0.166 e. The third-order valence-corrected chi connectivity index (χ3v) is 4.55. The first-order valence-electron chi connectivity index (χ1n) is 8.73. The van der Waals surface area contributed by atoms with E-state index in [2.05, 4.69) is 58.0 Å². The van der Waals surface area contributed by atoms with Crippen LogP contribution in [-0.2, 0) is 17.8 Å². The Bertz CT molecular complexity index is 651. The molecule has 1 saturated heterocycles. The number of ether oxygens (including phenoxy) is 1. The Balaban J connectivity index is 1.38. The molecule has 1 aliphatic rings. The van der Waals surface area contributed by atoms with E-state index >= 15 is 0 Å². The fraction of sp³-hybridized carbons (Fsp3) is 0.350. The van der Waals surface area contributed by atoms with Crippen molar-refractivity contribution in [3.8, 4) is 0 Å². The lowest BCUT2D eigenvalue weighted by molar-refractivity contribution is -0.0280. The van der Waals surface area contributed by atoms with Crippen molar-refractivity contribution in [3.63, 3.8) is 0 Å². The number of nitrogens with one attached hydrogen (secondary N) is 2. The molecule has 0 aliphatic carbocycles. The molecule has 25 heavy (non-hydrogen) atoms. The van der Waals surface area contributed by atoms with Gasteiger partial charge in [-0.05, 0) is 23.3 Å². The lowest BCUT2D eigenvalue weighted by Gasteiger charge is -2.33. The molecule has 132 valence electrons. The summed E-state index contributed by atoms with van der Waals surface area (Å²) in [6, 6.07) is 20.8. The topological polar surface area (TPSA) is 36.5 Å². The molecule has 1 atom stereocenters. The van der Waals surface area contributed by atoms with Crippen molar-refractivity contribution < 1.29 is 4.74 Å². The van der Waals surface area contributed by atoms with Gasteiger partial charge in [0.1, 0.15) is 0 Å². The first kappa shape index (κ1) is 17.9. The van der Waals surface area contributed by atoms with E-state index in [1.807, 2.05) is 18.2 Å². The van der Waals surface area contributed by atoms with Crippen LogP contribution < -0.4 is 10.6 Å². The van der Waals surface area contributed by atoms with Crippen molar-refractivity contribution in [3.05, 3.63) is 71.8 Å². The van der Waals surface area contributed by atoms with Crippen molar-refractivity contribution in [1.82, 2.24) is 15.5 Å². The maximum absolute atomic E-state index is 5.87. The van der Waals surface area contributed by atoms with E-state index in [0.29, 0.717) is 5.11 Å². The molecule has 0 unspecified atom stereocenters. The molecule has 5 heteroatoms. The molecule has 3 rings (SSSR count). The molecule has 4 nitrogen and oxygen atoms in total. The SMILES string of the molecule is S=C(NCc1ccccc1)NC[C@H]1CN(Cc2ccccc2)CCO1. The fourth-order valence-corrected chi connectivity index (χ4v) is 3.09. The lowest BCUT2D eigenvalue weighted by Crippen LogP contribution is -2.48. The van der Waals surface area contributed by atoms with Crippen LogP contribution >= 0.6 is 12.2 Å². The number of hydrogen-bond donors (Lipinski definition) is 2. The molecule has 0 aromatic heterocycles. The van der Waals surface area contributed by atoms with Crippen LogP contribution in [0.4, 0.5) is 0 Å². The summed E-state index contributed by atoms with van der Waals surface area (Å²) in [5, 5.41) is 7.19. The zero-order chi connectivity index (χ0) is 17.3. The quantitative estimate of drug-likeness (QED) is 0.779. The molecule has 2 aromatic rings. The van der Waals surface area contributed by atoms with Crippen LogP contribution in [0.3, 0.4) is 0 Å². The van der Waals surface area contributed by atoms with Crippen molar-refractivity contribution in [1.29, 1.82) is 0 Å². The van der Waals surface area contributed by atoms with Gasteiger partial charge in [0, 0.05) is 32.7 Å². The van der Waals surface area contributed by atoms with Gasteiger partial charge in [-0.2, -0.15) is 0 Å². The lowest BCUT2D eigenvalue weighted by atomic mass is 10.2.